The Bertz CT molecular complexity index is 365. The van der Waals surface area contributed by atoms with E-state index in [0.29, 0.717) is 6.54 Å². The summed E-state index contributed by atoms with van der Waals surface area (Å²) >= 11 is 5.91. The molecule has 0 saturated heterocycles. The number of hydrogen-bond acceptors (Lipinski definition) is 2. The first kappa shape index (κ1) is 9.46. The summed E-state index contributed by atoms with van der Waals surface area (Å²) in [4.78, 5) is 5.55. The van der Waals surface area contributed by atoms with Crippen LogP contribution in [0.25, 0.3) is 0 Å². The Kier molecular flexibility index (Phi) is 2.68. The minimum absolute atomic E-state index is 0.451. The van der Waals surface area contributed by atoms with Gasteiger partial charge < -0.3 is 4.90 Å². The molecule has 1 aromatic heterocycles. The average molecular weight is 213 g/mol. The predicted molar refractivity (Wildman–Crippen MR) is 55.0 cm³/mol. The van der Waals surface area contributed by atoms with Gasteiger partial charge in [0.25, 0.3) is 0 Å². The minimum atomic E-state index is -0.451. The van der Waals surface area contributed by atoms with Gasteiger partial charge in [0.15, 0.2) is 0 Å². The third kappa shape index (κ3) is 2.04. The van der Waals surface area contributed by atoms with E-state index >= 15 is 0 Å². The van der Waals surface area contributed by atoms with E-state index in [-0.39, 0.29) is 0 Å². The first-order valence-corrected chi connectivity index (χ1v) is 4.84. The number of pyridine rings is 1. The van der Waals surface area contributed by atoms with Crippen LogP contribution in [-0.2, 0) is 0 Å². The van der Waals surface area contributed by atoms with Crippen molar-refractivity contribution in [3.05, 3.63) is 35.4 Å². The van der Waals surface area contributed by atoms with Gasteiger partial charge in [-0.25, -0.2) is 4.98 Å². The van der Waals surface area contributed by atoms with Crippen LogP contribution in [0.15, 0.2) is 29.4 Å². The predicted octanol–water partition coefficient (Wildman–Crippen LogP) is 2.55. The molecule has 0 bridgehead atoms. The van der Waals surface area contributed by atoms with Crippen LogP contribution in [0.4, 0.5) is 10.1 Å². The first-order chi connectivity index (χ1) is 6.75. The largest absolute Gasteiger partial charge is 0.366 e. The second kappa shape index (κ2) is 3.96. The van der Waals surface area contributed by atoms with Crippen LogP contribution in [-0.4, -0.2) is 18.1 Å². The fourth-order valence-electron chi connectivity index (χ4n) is 1.51. The van der Waals surface area contributed by atoms with E-state index in [1.165, 1.54) is 12.3 Å². The van der Waals surface area contributed by atoms with Gasteiger partial charge in [0.2, 0.25) is 5.95 Å². The molecule has 74 valence electrons. The summed E-state index contributed by atoms with van der Waals surface area (Å²) in [5.41, 5.74) is 0.837. The van der Waals surface area contributed by atoms with E-state index in [2.05, 4.69) is 4.98 Å². The number of halogens is 2. The molecule has 0 saturated carbocycles. The highest BCUT2D eigenvalue weighted by molar-refractivity contribution is 6.30. The van der Waals surface area contributed by atoms with Crippen molar-refractivity contribution in [3.8, 4) is 0 Å². The van der Waals surface area contributed by atoms with E-state index in [1.54, 1.807) is 6.07 Å². The smallest absolute Gasteiger partial charge is 0.214 e. The molecule has 0 radical (unpaired) electrons. The fraction of sp³-hybridized carbons (Fsp3) is 0.300. The average Bonchev–Trinajstić information content (AvgIpc) is 2.18. The molecule has 1 aromatic rings. The summed E-state index contributed by atoms with van der Waals surface area (Å²) in [7, 11) is 0. The molecule has 14 heavy (non-hydrogen) atoms. The van der Waals surface area contributed by atoms with E-state index in [0.717, 1.165) is 23.7 Å². The number of hydrogen-bond donors (Lipinski definition) is 0. The maximum Gasteiger partial charge on any atom is 0.214 e. The molecule has 0 N–H and O–H groups in total. The molecule has 0 fully saturated rings. The zero-order valence-corrected chi connectivity index (χ0v) is 8.34. The number of anilines is 1. The normalized spacial score (nSPS) is 16.7. The highest BCUT2D eigenvalue weighted by Gasteiger charge is 2.12. The van der Waals surface area contributed by atoms with Crippen molar-refractivity contribution >= 4 is 17.3 Å². The lowest BCUT2D eigenvalue weighted by Crippen LogP contribution is -2.28. The van der Waals surface area contributed by atoms with E-state index in [4.69, 9.17) is 11.6 Å². The Morgan fingerprint density at radius 3 is 3.07 bits per heavy atom. The van der Waals surface area contributed by atoms with E-state index < -0.39 is 5.95 Å². The molecule has 0 unspecified atom stereocenters. The Labute approximate surface area is 87.0 Å². The van der Waals surface area contributed by atoms with Gasteiger partial charge in [-0.2, -0.15) is 4.39 Å². The molecule has 2 rings (SSSR count). The summed E-state index contributed by atoms with van der Waals surface area (Å²) < 4.78 is 12.8. The summed E-state index contributed by atoms with van der Waals surface area (Å²) in [6.45, 7) is 1.53. The third-order valence-electron chi connectivity index (χ3n) is 2.18. The van der Waals surface area contributed by atoms with E-state index in [9.17, 15) is 4.39 Å². The minimum Gasteiger partial charge on any atom is -0.366 e. The number of nitrogens with zero attached hydrogens (tertiary/aromatic N) is 2. The Hall–Kier alpha value is -1.09. The number of rotatable bonds is 1. The van der Waals surface area contributed by atoms with Gasteiger partial charge in [-0.3, -0.25) is 0 Å². The van der Waals surface area contributed by atoms with Gasteiger partial charge in [0, 0.05) is 29.5 Å². The molecule has 0 amide bonds. The molecule has 0 spiro atoms. The Morgan fingerprint density at radius 1 is 1.50 bits per heavy atom. The topological polar surface area (TPSA) is 16.1 Å². The van der Waals surface area contributed by atoms with E-state index in [1.807, 2.05) is 11.0 Å². The Morgan fingerprint density at radius 2 is 2.36 bits per heavy atom. The van der Waals surface area contributed by atoms with Gasteiger partial charge in [-0.05, 0) is 12.5 Å². The third-order valence-corrected chi connectivity index (χ3v) is 2.46. The highest BCUT2D eigenvalue weighted by atomic mass is 35.5. The van der Waals surface area contributed by atoms with Gasteiger partial charge in [-0.1, -0.05) is 17.7 Å². The highest BCUT2D eigenvalue weighted by Crippen LogP contribution is 2.20. The number of aromatic nitrogens is 1. The molecule has 1 aliphatic rings. The molecule has 0 aromatic carbocycles. The molecule has 4 heteroatoms. The molecule has 2 heterocycles. The Balaban J connectivity index is 2.19. The summed E-state index contributed by atoms with van der Waals surface area (Å²) in [6.07, 6.45) is 4.37. The van der Waals surface area contributed by atoms with Crippen LogP contribution in [0.5, 0.6) is 0 Å². The lowest BCUT2D eigenvalue weighted by molar-refractivity contribution is 0.583. The van der Waals surface area contributed by atoms with Crippen LogP contribution in [0, 0.1) is 5.95 Å². The monoisotopic (exact) mass is 212 g/mol. The quantitative estimate of drug-likeness (QED) is 0.666. The van der Waals surface area contributed by atoms with Gasteiger partial charge in [-0.15, -0.1) is 0 Å². The molecule has 1 aliphatic heterocycles. The lowest BCUT2D eigenvalue weighted by Gasteiger charge is -2.27. The summed E-state index contributed by atoms with van der Waals surface area (Å²) in [6, 6.07) is 3.22. The maximum atomic E-state index is 12.8. The summed E-state index contributed by atoms with van der Waals surface area (Å²) in [5, 5.41) is 0.813. The molecule has 0 atom stereocenters. The van der Waals surface area contributed by atoms with Crippen LogP contribution < -0.4 is 4.90 Å². The van der Waals surface area contributed by atoms with Crippen molar-refractivity contribution in [3.63, 3.8) is 0 Å². The second-order valence-corrected chi connectivity index (χ2v) is 3.68. The maximum absolute atomic E-state index is 12.8. The van der Waals surface area contributed by atoms with Gasteiger partial charge >= 0.3 is 0 Å². The molecular formula is C10H10ClFN2. The zero-order valence-electron chi connectivity index (χ0n) is 7.58. The van der Waals surface area contributed by atoms with Crippen LogP contribution in [0.3, 0.4) is 0 Å². The van der Waals surface area contributed by atoms with Crippen molar-refractivity contribution in [1.29, 1.82) is 0 Å². The standard InChI is InChI=1S/C10H10ClFN2/c11-8-2-1-5-14(7-8)9-3-4-13-10(12)6-9/h2-4,6H,1,5,7H2. The fourth-order valence-corrected chi connectivity index (χ4v) is 1.77. The van der Waals surface area contributed by atoms with Crippen LogP contribution in [0.2, 0.25) is 0 Å². The van der Waals surface area contributed by atoms with Crippen LogP contribution in [0.1, 0.15) is 6.42 Å². The van der Waals surface area contributed by atoms with Crippen molar-refractivity contribution < 1.29 is 4.39 Å². The molecule has 2 nitrogen and oxygen atoms in total. The zero-order chi connectivity index (χ0) is 9.97. The van der Waals surface area contributed by atoms with Crippen molar-refractivity contribution in [2.24, 2.45) is 0 Å². The summed E-state index contributed by atoms with van der Waals surface area (Å²) in [5.74, 6) is -0.451. The SMILES string of the molecule is Fc1cc(N2CCC=C(Cl)C2)ccn1. The molecule has 0 aliphatic carbocycles. The lowest BCUT2D eigenvalue weighted by atomic mass is 10.2. The molecular weight excluding hydrogens is 203 g/mol. The van der Waals surface area contributed by atoms with Gasteiger partial charge in [0.1, 0.15) is 0 Å². The van der Waals surface area contributed by atoms with Crippen molar-refractivity contribution in [2.45, 2.75) is 6.42 Å². The van der Waals surface area contributed by atoms with Crippen molar-refractivity contribution in [2.75, 3.05) is 18.0 Å². The second-order valence-electron chi connectivity index (χ2n) is 3.20. The van der Waals surface area contributed by atoms with Gasteiger partial charge in [0.05, 0.1) is 6.54 Å². The van der Waals surface area contributed by atoms with Crippen molar-refractivity contribution in [1.82, 2.24) is 4.98 Å². The van der Waals surface area contributed by atoms with Crippen LogP contribution >= 0.6 is 11.6 Å². The first-order valence-electron chi connectivity index (χ1n) is 4.47.